The number of hydrogen-bond donors (Lipinski definition) is 1. The van der Waals surface area contributed by atoms with E-state index in [1.807, 2.05) is 6.07 Å². The number of hydrogen-bond acceptors (Lipinski definition) is 2. The van der Waals surface area contributed by atoms with Gasteiger partial charge in [0.05, 0.1) is 6.61 Å². The summed E-state index contributed by atoms with van der Waals surface area (Å²) in [5.41, 5.74) is 1.09. The number of nitrogens with one attached hydrogen (secondary N) is 1. The molecule has 0 saturated carbocycles. The van der Waals surface area contributed by atoms with E-state index in [-0.39, 0.29) is 5.82 Å². The maximum atomic E-state index is 13.2. The van der Waals surface area contributed by atoms with Gasteiger partial charge in [0.2, 0.25) is 0 Å². The lowest BCUT2D eigenvalue weighted by atomic mass is 9.94. The summed E-state index contributed by atoms with van der Waals surface area (Å²) >= 11 is 0. The van der Waals surface area contributed by atoms with Crippen LogP contribution in [0.4, 0.5) is 4.39 Å². The van der Waals surface area contributed by atoms with Crippen LogP contribution in [0.2, 0.25) is 0 Å². The summed E-state index contributed by atoms with van der Waals surface area (Å²) in [7, 11) is 1.71. The molecular weight excluding hydrogens is 241 g/mol. The summed E-state index contributed by atoms with van der Waals surface area (Å²) in [5, 5.41) is 3.41. The van der Waals surface area contributed by atoms with Crippen LogP contribution in [0.15, 0.2) is 24.3 Å². The van der Waals surface area contributed by atoms with Gasteiger partial charge in [-0.2, -0.15) is 0 Å². The molecule has 1 rings (SSSR count). The molecule has 3 heteroatoms. The van der Waals surface area contributed by atoms with Gasteiger partial charge in [-0.3, -0.25) is 0 Å². The smallest absolute Gasteiger partial charge is 0.123 e. The first-order chi connectivity index (χ1) is 9.26. The van der Waals surface area contributed by atoms with Crippen LogP contribution in [0.25, 0.3) is 0 Å². The number of ether oxygens (including phenoxy) is 1. The molecule has 2 nitrogen and oxygen atoms in total. The van der Waals surface area contributed by atoms with E-state index in [0.717, 1.165) is 31.7 Å². The van der Waals surface area contributed by atoms with Gasteiger partial charge in [0.15, 0.2) is 0 Å². The zero-order valence-electron chi connectivity index (χ0n) is 12.1. The van der Waals surface area contributed by atoms with Gasteiger partial charge >= 0.3 is 0 Å². The molecule has 1 N–H and O–H groups in total. The minimum absolute atomic E-state index is 0.140. The molecule has 108 valence electrons. The summed E-state index contributed by atoms with van der Waals surface area (Å²) in [4.78, 5) is 0. The predicted molar refractivity (Wildman–Crippen MR) is 77.9 cm³/mol. The zero-order chi connectivity index (χ0) is 13.9. The molecule has 0 aliphatic rings. The third kappa shape index (κ3) is 7.28. The van der Waals surface area contributed by atoms with Crippen LogP contribution >= 0.6 is 0 Å². The fourth-order valence-corrected chi connectivity index (χ4v) is 2.25. The second kappa shape index (κ2) is 9.93. The first-order valence-electron chi connectivity index (χ1n) is 7.20. The Morgan fingerprint density at radius 3 is 2.89 bits per heavy atom. The van der Waals surface area contributed by atoms with Crippen molar-refractivity contribution in [2.24, 2.45) is 5.92 Å². The molecule has 0 spiro atoms. The third-order valence-corrected chi connectivity index (χ3v) is 3.30. The highest BCUT2D eigenvalue weighted by molar-refractivity contribution is 5.16. The maximum absolute atomic E-state index is 13.2. The van der Waals surface area contributed by atoms with E-state index >= 15 is 0 Å². The first-order valence-corrected chi connectivity index (χ1v) is 7.20. The zero-order valence-corrected chi connectivity index (χ0v) is 12.1. The monoisotopic (exact) mass is 267 g/mol. The molecule has 19 heavy (non-hydrogen) atoms. The van der Waals surface area contributed by atoms with Crippen molar-refractivity contribution < 1.29 is 9.13 Å². The Morgan fingerprint density at radius 2 is 2.21 bits per heavy atom. The molecule has 1 aromatic carbocycles. The maximum Gasteiger partial charge on any atom is 0.123 e. The lowest BCUT2D eigenvalue weighted by Crippen LogP contribution is -2.27. The highest BCUT2D eigenvalue weighted by Crippen LogP contribution is 2.15. The Morgan fingerprint density at radius 1 is 1.37 bits per heavy atom. The van der Waals surface area contributed by atoms with E-state index in [2.05, 4.69) is 12.2 Å². The quantitative estimate of drug-likeness (QED) is 0.656. The molecule has 1 unspecified atom stereocenters. The Bertz CT molecular complexity index is 343. The van der Waals surface area contributed by atoms with E-state index in [1.165, 1.54) is 25.3 Å². The van der Waals surface area contributed by atoms with Gasteiger partial charge < -0.3 is 10.1 Å². The Hall–Kier alpha value is -0.930. The molecule has 0 bridgehead atoms. The summed E-state index contributed by atoms with van der Waals surface area (Å²) in [5.74, 6) is 0.428. The summed E-state index contributed by atoms with van der Waals surface area (Å²) in [6, 6.07) is 6.95. The van der Waals surface area contributed by atoms with Gasteiger partial charge in [0.1, 0.15) is 5.82 Å². The van der Waals surface area contributed by atoms with Crippen molar-refractivity contribution in [3.05, 3.63) is 35.6 Å². The van der Waals surface area contributed by atoms with Crippen LogP contribution < -0.4 is 5.32 Å². The van der Waals surface area contributed by atoms with Crippen molar-refractivity contribution in [1.29, 1.82) is 0 Å². The molecule has 1 atom stereocenters. The molecule has 0 aliphatic heterocycles. The lowest BCUT2D eigenvalue weighted by Gasteiger charge is -2.17. The number of methoxy groups -OCH3 is 1. The molecule has 0 amide bonds. The fourth-order valence-electron chi connectivity index (χ4n) is 2.25. The molecule has 0 heterocycles. The highest BCUT2D eigenvalue weighted by Gasteiger charge is 2.09. The van der Waals surface area contributed by atoms with Crippen LogP contribution in [0.3, 0.4) is 0 Å². The molecular formula is C16H26FNO. The SMILES string of the molecule is CCCCC(CNCCOC)Cc1cccc(F)c1. The van der Waals surface area contributed by atoms with Crippen LogP contribution in [0, 0.1) is 11.7 Å². The van der Waals surface area contributed by atoms with Crippen molar-refractivity contribution >= 4 is 0 Å². The van der Waals surface area contributed by atoms with Crippen molar-refractivity contribution in [2.45, 2.75) is 32.6 Å². The van der Waals surface area contributed by atoms with Crippen LogP contribution in [-0.4, -0.2) is 26.8 Å². The van der Waals surface area contributed by atoms with E-state index < -0.39 is 0 Å². The van der Waals surface area contributed by atoms with E-state index in [0.29, 0.717) is 5.92 Å². The van der Waals surface area contributed by atoms with E-state index in [1.54, 1.807) is 19.2 Å². The molecule has 0 saturated heterocycles. The van der Waals surface area contributed by atoms with E-state index in [4.69, 9.17) is 4.74 Å². The molecule has 0 radical (unpaired) electrons. The standard InChI is InChI=1S/C16H26FNO/c1-3-4-6-15(13-18-9-10-19-2)11-14-7-5-8-16(17)12-14/h5,7-8,12,15,18H,3-4,6,9-11,13H2,1-2H3. The number of unbranched alkanes of at least 4 members (excludes halogenated alkanes) is 1. The first kappa shape index (κ1) is 16.1. The average Bonchev–Trinajstić information content (AvgIpc) is 2.40. The summed E-state index contributed by atoms with van der Waals surface area (Å²) in [6.45, 7) is 4.79. The van der Waals surface area contributed by atoms with Crippen molar-refractivity contribution in [3.8, 4) is 0 Å². The fraction of sp³-hybridized carbons (Fsp3) is 0.625. The Kier molecular flexibility index (Phi) is 8.43. The second-order valence-corrected chi connectivity index (χ2v) is 5.04. The predicted octanol–water partition coefficient (Wildman–Crippen LogP) is 3.41. The third-order valence-electron chi connectivity index (χ3n) is 3.30. The lowest BCUT2D eigenvalue weighted by molar-refractivity contribution is 0.197. The number of benzene rings is 1. The van der Waals surface area contributed by atoms with Crippen molar-refractivity contribution in [1.82, 2.24) is 5.32 Å². The van der Waals surface area contributed by atoms with Gasteiger partial charge in [0, 0.05) is 13.7 Å². The number of halogens is 1. The summed E-state index contributed by atoms with van der Waals surface area (Å²) < 4.78 is 18.2. The van der Waals surface area contributed by atoms with Gasteiger partial charge in [-0.25, -0.2) is 4.39 Å². The van der Waals surface area contributed by atoms with Gasteiger partial charge in [-0.1, -0.05) is 31.9 Å². The Labute approximate surface area is 116 Å². The molecule has 0 fully saturated rings. The average molecular weight is 267 g/mol. The second-order valence-electron chi connectivity index (χ2n) is 5.04. The van der Waals surface area contributed by atoms with Gasteiger partial charge in [-0.05, 0) is 43.0 Å². The van der Waals surface area contributed by atoms with E-state index in [9.17, 15) is 4.39 Å². The van der Waals surface area contributed by atoms with Crippen molar-refractivity contribution in [3.63, 3.8) is 0 Å². The molecule has 0 aliphatic carbocycles. The topological polar surface area (TPSA) is 21.3 Å². The van der Waals surface area contributed by atoms with Crippen molar-refractivity contribution in [2.75, 3.05) is 26.8 Å². The largest absolute Gasteiger partial charge is 0.383 e. The number of rotatable bonds is 10. The normalized spacial score (nSPS) is 12.6. The molecule has 0 aromatic heterocycles. The van der Waals surface area contributed by atoms with Crippen LogP contribution in [0.5, 0.6) is 0 Å². The minimum atomic E-state index is -0.140. The van der Waals surface area contributed by atoms with Crippen LogP contribution in [0.1, 0.15) is 31.7 Å². The molecule has 1 aromatic rings. The van der Waals surface area contributed by atoms with Crippen LogP contribution in [-0.2, 0) is 11.2 Å². The summed E-state index contributed by atoms with van der Waals surface area (Å²) in [6.07, 6.45) is 4.56. The van der Waals surface area contributed by atoms with Gasteiger partial charge in [-0.15, -0.1) is 0 Å². The minimum Gasteiger partial charge on any atom is -0.383 e. The Balaban J connectivity index is 2.43. The highest BCUT2D eigenvalue weighted by atomic mass is 19.1. The van der Waals surface area contributed by atoms with Gasteiger partial charge in [0.25, 0.3) is 0 Å².